The van der Waals surface area contributed by atoms with Crippen LogP contribution in [0, 0.1) is 6.92 Å². The summed E-state index contributed by atoms with van der Waals surface area (Å²) in [6, 6.07) is 5.91. The van der Waals surface area contributed by atoms with Crippen molar-refractivity contribution < 1.29 is 14.3 Å². The summed E-state index contributed by atoms with van der Waals surface area (Å²) in [5, 5.41) is 0. The van der Waals surface area contributed by atoms with Crippen molar-refractivity contribution in [3.8, 4) is 5.75 Å². The molecule has 1 heterocycles. The van der Waals surface area contributed by atoms with Gasteiger partial charge in [-0.2, -0.15) is 0 Å². The number of hydrogen-bond acceptors (Lipinski definition) is 3. The number of aryl methyl sites for hydroxylation is 1. The van der Waals surface area contributed by atoms with Crippen molar-refractivity contribution >= 4 is 11.6 Å². The highest BCUT2D eigenvalue weighted by molar-refractivity contribution is 5.99. The maximum Gasteiger partial charge on any atom is 0.267 e. The number of rotatable bonds is 4. The van der Waals surface area contributed by atoms with Crippen LogP contribution in [0.1, 0.15) is 18.9 Å². The van der Waals surface area contributed by atoms with Crippen LogP contribution in [0.15, 0.2) is 18.2 Å². The molecule has 1 unspecified atom stereocenters. The second kappa shape index (κ2) is 5.40. The average Bonchev–Trinajstić information content (AvgIpc) is 2.35. The van der Waals surface area contributed by atoms with Crippen molar-refractivity contribution in [3.63, 3.8) is 0 Å². The number of fused-ring (bicyclic) bond motifs is 1. The van der Waals surface area contributed by atoms with Gasteiger partial charge in [-0.05, 0) is 38.0 Å². The Labute approximate surface area is 107 Å². The summed E-state index contributed by atoms with van der Waals surface area (Å²) in [4.78, 5) is 14.0. The molecule has 0 aliphatic carbocycles. The van der Waals surface area contributed by atoms with Gasteiger partial charge < -0.3 is 14.4 Å². The lowest BCUT2D eigenvalue weighted by atomic mass is 10.1. The zero-order chi connectivity index (χ0) is 13.1. The number of amides is 1. The van der Waals surface area contributed by atoms with Crippen LogP contribution in [0.25, 0.3) is 0 Å². The average molecular weight is 249 g/mol. The number of nitrogens with zero attached hydrogens (tertiary/aromatic N) is 1. The molecule has 1 aliphatic rings. The maximum absolute atomic E-state index is 12.2. The fourth-order valence-electron chi connectivity index (χ4n) is 2.11. The monoisotopic (exact) mass is 249 g/mol. The quantitative estimate of drug-likeness (QED) is 0.767. The Morgan fingerprint density at radius 1 is 1.44 bits per heavy atom. The minimum Gasteiger partial charge on any atom is -0.479 e. The number of carbonyl (C=O) groups is 1. The molecule has 1 aromatic carbocycles. The molecule has 4 nitrogen and oxygen atoms in total. The summed E-state index contributed by atoms with van der Waals surface area (Å²) >= 11 is 0. The highest BCUT2D eigenvalue weighted by atomic mass is 16.5. The molecule has 1 aromatic rings. The summed E-state index contributed by atoms with van der Waals surface area (Å²) < 4.78 is 10.7. The third-order valence-corrected chi connectivity index (χ3v) is 3.05. The molecular formula is C14H19NO3. The number of anilines is 1. The number of hydrogen-bond donors (Lipinski definition) is 0. The summed E-state index contributed by atoms with van der Waals surface area (Å²) in [6.07, 6.45) is 0.408. The molecule has 0 N–H and O–H groups in total. The van der Waals surface area contributed by atoms with Crippen molar-refractivity contribution in [3.05, 3.63) is 23.8 Å². The zero-order valence-electron chi connectivity index (χ0n) is 11.1. The predicted octanol–water partition coefficient (Wildman–Crippen LogP) is 2.15. The Bertz CT molecular complexity index is 445. The van der Waals surface area contributed by atoms with Crippen LogP contribution < -0.4 is 9.64 Å². The maximum atomic E-state index is 12.2. The van der Waals surface area contributed by atoms with Crippen molar-refractivity contribution in [1.29, 1.82) is 0 Å². The molecule has 1 aliphatic heterocycles. The Hall–Kier alpha value is -1.55. The van der Waals surface area contributed by atoms with Crippen LogP contribution in [0.2, 0.25) is 0 Å². The van der Waals surface area contributed by atoms with E-state index in [0.717, 1.165) is 23.4 Å². The van der Waals surface area contributed by atoms with E-state index in [4.69, 9.17) is 9.47 Å². The zero-order valence-corrected chi connectivity index (χ0v) is 11.1. The van der Waals surface area contributed by atoms with Crippen molar-refractivity contribution in [2.45, 2.75) is 26.4 Å². The largest absolute Gasteiger partial charge is 0.479 e. The van der Waals surface area contributed by atoms with Gasteiger partial charge >= 0.3 is 0 Å². The van der Waals surface area contributed by atoms with E-state index in [1.54, 1.807) is 18.9 Å². The Balaban J connectivity index is 2.26. The van der Waals surface area contributed by atoms with Crippen LogP contribution >= 0.6 is 0 Å². The van der Waals surface area contributed by atoms with Gasteiger partial charge in [-0.15, -0.1) is 0 Å². The molecule has 98 valence electrons. The summed E-state index contributed by atoms with van der Waals surface area (Å²) in [6.45, 7) is 5.11. The predicted molar refractivity (Wildman–Crippen MR) is 70.1 cm³/mol. The lowest BCUT2D eigenvalue weighted by molar-refractivity contribution is -0.125. The number of methoxy groups -OCH3 is 1. The third kappa shape index (κ3) is 2.48. The lowest BCUT2D eigenvalue weighted by Gasteiger charge is -2.33. The molecule has 0 saturated carbocycles. The summed E-state index contributed by atoms with van der Waals surface area (Å²) in [5.74, 6) is 0.800. The molecule has 0 fully saturated rings. The molecule has 0 spiro atoms. The fourth-order valence-corrected chi connectivity index (χ4v) is 2.11. The van der Waals surface area contributed by atoms with Gasteiger partial charge in [0.2, 0.25) is 0 Å². The van der Waals surface area contributed by atoms with Gasteiger partial charge in [-0.1, -0.05) is 6.07 Å². The third-order valence-electron chi connectivity index (χ3n) is 3.05. The van der Waals surface area contributed by atoms with Gasteiger partial charge in [-0.3, -0.25) is 4.79 Å². The summed E-state index contributed by atoms with van der Waals surface area (Å²) in [5.41, 5.74) is 1.99. The van der Waals surface area contributed by atoms with E-state index in [1.807, 2.05) is 25.1 Å². The highest BCUT2D eigenvalue weighted by Crippen LogP contribution is 2.34. The summed E-state index contributed by atoms with van der Waals surface area (Å²) in [7, 11) is 1.67. The van der Waals surface area contributed by atoms with Gasteiger partial charge in [0.1, 0.15) is 5.75 Å². The van der Waals surface area contributed by atoms with Crippen LogP contribution in [-0.4, -0.2) is 32.3 Å². The van der Waals surface area contributed by atoms with Crippen molar-refractivity contribution in [2.24, 2.45) is 0 Å². The van der Waals surface area contributed by atoms with Crippen LogP contribution in [0.4, 0.5) is 5.69 Å². The molecule has 0 radical (unpaired) electrons. The van der Waals surface area contributed by atoms with Gasteiger partial charge in [0.15, 0.2) is 6.10 Å². The topological polar surface area (TPSA) is 38.8 Å². The molecule has 0 saturated heterocycles. The van der Waals surface area contributed by atoms with Crippen molar-refractivity contribution in [2.75, 3.05) is 25.2 Å². The molecule has 0 bridgehead atoms. The van der Waals surface area contributed by atoms with Crippen LogP contribution in [0.3, 0.4) is 0 Å². The van der Waals surface area contributed by atoms with E-state index in [1.165, 1.54) is 0 Å². The van der Waals surface area contributed by atoms with E-state index in [-0.39, 0.29) is 5.91 Å². The van der Waals surface area contributed by atoms with E-state index in [0.29, 0.717) is 13.2 Å². The molecule has 0 aromatic heterocycles. The fraction of sp³-hybridized carbons (Fsp3) is 0.500. The van der Waals surface area contributed by atoms with Crippen molar-refractivity contribution in [1.82, 2.24) is 0 Å². The lowest BCUT2D eigenvalue weighted by Crippen LogP contribution is -2.45. The Kier molecular flexibility index (Phi) is 3.87. The van der Waals surface area contributed by atoms with E-state index in [9.17, 15) is 4.79 Å². The highest BCUT2D eigenvalue weighted by Gasteiger charge is 2.30. The van der Waals surface area contributed by atoms with Gasteiger partial charge in [0, 0.05) is 20.3 Å². The molecule has 2 rings (SSSR count). The van der Waals surface area contributed by atoms with Gasteiger partial charge in [0.25, 0.3) is 5.91 Å². The Morgan fingerprint density at radius 2 is 2.22 bits per heavy atom. The SMILES string of the molecule is COCCCN1C(=O)C(C)Oc2ccc(C)cc21. The van der Waals surface area contributed by atoms with Gasteiger partial charge in [0.05, 0.1) is 5.69 Å². The first kappa shape index (κ1) is 12.9. The molecule has 1 atom stereocenters. The van der Waals surface area contributed by atoms with Crippen LogP contribution in [-0.2, 0) is 9.53 Å². The molecule has 1 amide bonds. The minimum absolute atomic E-state index is 0.0178. The minimum atomic E-state index is -0.414. The molecule has 18 heavy (non-hydrogen) atoms. The van der Waals surface area contributed by atoms with E-state index >= 15 is 0 Å². The first-order chi connectivity index (χ1) is 8.63. The van der Waals surface area contributed by atoms with E-state index < -0.39 is 6.10 Å². The number of ether oxygens (including phenoxy) is 2. The normalized spacial score (nSPS) is 18.5. The first-order valence-electron chi connectivity index (χ1n) is 6.21. The van der Waals surface area contributed by atoms with E-state index in [2.05, 4.69) is 0 Å². The second-order valence-electron chi connectivity index (χ2n) is 4.57. The Morgan fingerprint density at radius 3 is 2.94 bits per heavy atom. The van der Waals surface area contributed by atoms with Gasteiger partial charge in [-0.25, -0.2) is 0 Å². The van der Waals surface area contributed by atoms with Crippen LogP contribution in [0.5, 0.6) is 5.75 Å². The number of carbonyl (C=O) groups excluding carboxylic acids is 1. The standard InChI is InChI=1S/C14H19NO3/c1-10-5-6-13-12(9-10)15(7-4-8-17-3)14(16)11(2)18-13/h5-6,9,11H,4,7-8H2,1-3H3. The smallest absolute Gasteiger partial charge is 0.267 e. The second-order valence-corrected chi connectivity index (χ2v) is 4.57. The molecule has 4 heteroatoms. The first-order valence-corrected chi connectivity index (χ1v) is 6.21. The number of benzene rings is 1. The molecular weight excluding hydrogens is 230 g/mol.